The van der Waals surface area contributed by atoms with E-state index < -0.39 is 5.60 Å². The highest BCUT2D eigenvalue weighted by Crippen LogP contribution is 2.34. The molecule has 33 heavy (non-hydrogen) atoms. The Bertz CT molecular complexity index is 1010. The molecule has 0 saturated heterocycles. The van der Waals surface area contributed by atoms with Gasteiger partial charge in [0.1, 0.15) is 5.60 Å². The van der Waals surface area contributed by atoms with Crippen LogP contribution in [0.15, 0.2) is 42.5 Å². The lowest BCUT2D eigenvalue weighted by atomic mass is 9.79. The normalized spacial score (nSPS) is 15.3. The van der Waals surface area contributed by atoms with Gasteiger partial charge in [-0.05, 0) is 79.0 Å². The van der Waals surface area contributed by atoms with Crippen LogP contribution in [0.2, 0.25) is 0 Å². The topological polar surface area (TPSA) is 42.4 Å². The Morgan fingerprint density at radius 1 is 0.879 bits per heavy atom. The van der Waals surface area contributed by atoms with Gasteiger partial charge in [0.05, 0.1) is 11.4 Å². The van der Waals surface area contributed by atoms with Gasteiger partial charge in [-0.25, -0.2) is 9.78 Å². The molecule has 0 fully saturated rings. The predicted octanol–water partition coefficient (Wildman–Crippen LogP) is 7.37. The van der Waals surface area contributed by atoms with Crippen molar-refractivity contribution >= 4 is 11.7 Å². The summed E-state index contributed by atoms with van der Waals surface area (Å²) in [6.07, 6.45) is 2.62. The van der Waals surface area contributed by atoms with Crippen molar-refractivity contribution in [2.45, 2.75) is 85.2 Å². The molecule has 0 spiro atoms. The number of amides is 1. The molecule has 0 bridgehead atoms. The van der Waals surface area contributed by atoms with Gasteiger partial charge < -0.3 is 9.64 Å². The average Bonchev–Trinajstić information content (AvgIpc) is 2.71. The summed E-state index contributed by atoms with van der Waals surface area (Å²) >= 11 is 0. The van der Waals surface area contributed by atoms with Crippen molar-refractivity contribution in [1.29, 1.82) is 0 Å². The number of pyridine rings is 1. The molecule has 0 aliphatic carbocycles. The van der Waals surface area contributed by atoms with Crippen LogP contribution in [0.5, 0.6) is 0 Å². The molecule has 2 aromatic rings. The molecule has 1 amide bonds. The Morgan fingerprint density at radius 2 is 1.45 bits per heavy atom. The third-order valence-corrected chi connectivity index (χ3v) is 5.90. The number of carbonyl (C=O) groups is 1. The predicted molar refractivity (Wildman–Crippen MR) is 137 cm³/mol. The summed E-state index contributed by atoms with van der Waals surface area (Å²) in [6, 6.07) is 13.1. The second-order valence-electron chi connectivity index (χ2n) is 12.1. The molecule has 4 nitrogen and oxygen atoms in total. The van der Waals surface area contributed by atoms with Gasteiger partial charge >= 0.3 is 6.09 Å². The van der Waals surface area contributed by atoms with E-state index in [4.69, 9.17) is 9.72 Å². The Balaban J connectivity index is 1.90. The molecule has 0 radical (unpaired) electrons. The largest absolute Gasteiger partial charge is 0.444 e. The Labute approximate surface area is 200 Å². The van der Waals surface area contributed by atoms with E-state index in [1.165, 1.54) is 16.7 Å². The minimum absolute atomic E-state index is 0.0602. The van der Waals surface area contributed by atoms with Crippen molar-refractivity contribution in [2.24, 2.45) is 0 Å². The lowest BCUT2D eigenvalue weighted by Gasteiger charge is -2.29. The zero-order valence-corrected chi connectivity index (χ0v) is 21.9. The van der Waals surface area contributed by atoms with Gasteiger partial charge in [0.2, 0.25) is 0 Å². The van der Waals surface area contributed by atoms with Crippen molar-refractivity contribution in [3.05, 3.63) is 59.3 Å². The van der Waals surface area contributed by atoms with E-state index in [1.807, 2.05) is 20.8 Å². The van der Waals surface area contributed by atoms with Gasteiger partial charge in [-0.1, -0.05) is 59.8 Å². The zero-order valence-electron chi connectivity index (χ0n) is 21.9. The third kappa shape index (κ3) is 6.46. The number of rotatable bonds is 2. The van der Waals surface area contributed by atoms with Gasteiger partial charge in [-0.15, -0.1) is 0 Å². The minimum Gasteiger partial charge on any atom is -0.444 e. The number of carbonyl (C=O) groups excluding carboxylic acids is 1. The second-order valence-corrected chi connectivity index (χ2v) is 12.1. The summed E-state index contributed by atoms with van der Waals surface area (Å²) < 4.78 is 5.51. The van der Waals surface area contributed by atoms with E-state index in [0.717, 1.165) is 23.4 Å². The van der Waals surface area contributed by atoms with E-state index >= 15 is 0 Å². The molecule has 178 valence electrons. The summed E-state index contributed by atoms with van der Waals surface area (Å²) in [5.41, 5.74) is 6.58. The first-order valence-electron chi connectivity index (χ1n) is 11.9. The third-order valence-electron chi connectivity index (χ3n) is 5.90. The summed E-state index contributed by atoms with van der Waals surface area (Å²) in [5.74, 6) is 0. The quantitative estimate of drug-likeness (QED) is 0.482. The number of hydrogen-bond acceptors (Lipinski definition) is 3. The van der Waals surface area contributed by atoms with Crippen molar-refractivity contribution in [1.82, 2.24) is 9.88 Å². The van der Waals surface area contributed by atoms with Gasteiger partial charge in [-0.2, -0.15) is 0 Å². The highest BCUT2D eigenvalue weighted by Gasteiger charge is 2.25. The summed E-state index contributed by atoms with van der Waals surface area (Å²) in [4.78, 5) is 19.2. The van der Waals surface area contributed by atoms with Crippen LogP contribution in [-0.4, -0.2) is 34.7 Å². The minimum atomic E-state index is -0.482. The van der Waals surface area contributed by atoms with Crippen LogP contribution in [0.4, 0.5) is 4.79 Å². The highest BCUT2D eigenvalue weighted by atomic mass is 16.6. The van der Waals surface area contributed by atoms with E-state index in [1.54, 1.807) is 4.90 Å². The van der Waals surface area contributed by atoms with Crippen molar-refractivity contribution < 1.29 is 9.53 Å². The average molecular weight is 449 g/mol. The number of hydrogen-bond donors (Lipinski definition) is 0. The number of ether oxygens (including phenoxy) is 1. The van der Waals surface area contributed by atoms with Crippen molar-refractivity contribution in [3.63, 3.8) is 0 Å². The van der Waals surface area contributed by atoms with Crippen LogP contribution in [0, 0.1) is 0 Å². The van der Waals surface area contributed by atoms with E-state index in [2.05, 4.69) is 84.0 Å². The molecule has 0 atom stereocenters. The molecule has 2 heterocycles. The Morgan fingerprint density at radius 3 is 1.94 bits per heavy atom. The molecule has 0 saturated carbocycles. The lowest BCUT2D eigenvalue weighted by molar-refractivity contribution is 0.0270. The Hall–Kier alpha value is -2.62. The second kappa shape index (κ2) is 8.96. The molecule has 1 aromatic heterocycles. The van der Waals surface area contributed by atoms with Crippen LogP contribution in [0.1, 0.15) is 85.6 Å². The first kappa shape index (κ1) is 25.0. The SMILES string of the molecule is CC(C)(C)OC(=O)N1CC=C(c2cccc(-c3cc(C(C)(C)C)cc(C(C)(C)C)c3)n2)CC1. The fraction of sp³-hybridized carbons (Fsp3) is 0.517. The number of nitrogens with zero attached hydrogens (tertiary/aromatic N) is 2. The molecule has 1 aliphatic rings. The van der Waals surface area contributed by atoms with Crippen LogP contribution in [0.25, 0.3) is 16.8 Å². The summed E-state index contributed by atoms with van der Waals surface area (Å²) in [6.45, 7) is 20.4. The zero-order chi connectivity index (χ0) is 24.6. The summed E-state index contributed by atoms with van der Waals surface area (Å²) in [5, 5.41) is 0. The van der Waals surface area contributed by atoms with Crippen LogP contribution in [0.3, 0.4) is 0 Å². The van der Waals surface area contributed by atoms with Gasteiger partial charge in [0.25, 0.3) is 0 Å². The van der Waals surface area contributed by atoms with Crippen LogP contribution < -0.4 is 0 Å². The van der Waals surface area contributed by atoms with Gasteiger partial charge in [0.15, 0.2) is 0 Å². The molecule has 4 heteroatoms. The molecular formula is C29H40N2O2. The standard InChI is InChI=1S/C29H40N2O2/c1-27(2,3)22-17-21(18-23(19-22)28(4,5)6)25-12-10-11-24(30-25)20-13-15-31(16-14-20)26(32)33-29(7,8)9/h10-13,17-19H,14-16H2,1-9H3. The molecule has 1 aliphatic heterocycles. The van der Waals surface area contributed by atoms with Crippen molar-refractivity contribution in [2.75, 3.05) is 13.1 Å². The smallest absolute Gasteiger partial charge is 0.410 e. The highest BCUT2D eigenvalue weighted by molar-refractivity contribution is 5.73. The Kier molecular flexibility index (Phi) is 6.79. The van der Waals surface area contributed by atoms with Crippen LogP contribution in [-0.2, 0) is 15.6 Å². The number of aromatic nitrogens is 1. The molecular weight excluding hydrogens is 408 g/mol. The van der Waals surface area contributed by atoms with E-state index in [-0.39, 0.29) is 16.9 Å². The first-order chi connectivity index (χ1) is 15.1. The van der Waals surface area contributed by atoms with Crippen LogP contribution >= 0.6 is 0 Å². The lowest BCUT2D eigenvalue weighted by Crippen LogP contribution is -2.39. The molecule has 0 unspecified atom stereocenters. The van der Waals surface area contributed by atoms with Gasteiger partial charge in [-0.3, -0.25) is 0 Å². The van der Waals surface area contributed by atoms with Crippen molar-refractivity contribution in [3.8, 4) is 11.3 Å². The van der Waals surface area contributed by atoms with E-state index in [9.17, 15) is 4.79 Å². The summed E-state index contributed by atoms with van der Waals surface area (Å²) in [7, 11) is 0. The monoisotopic (exact) mass is 448 g/mol. The van der Waals surface area contributed by atoms with E-state index in [0.29, 0.717) is 13.1 Å². The fourth-order valence-electron chi connectivity index (χ4n) is 3.81. The molecule has 0 N–H and O–H groups in total. The van der Waals surface area contributed by atoms with Gasteiger partial charge in [0, 0.05) is 18.7 Å². The number of benzene rings is 1. The maximum Gasteiger partial charge on any atom is 0.410 e. The molecule has 3 rings (SSSR count). The first-order valence-corrected chi connectivity index (χ1v) is 11.9. The molecule has 1 aromatic carbocycles. The maximum atomic E-state index is 12.4. The maximum absolute atomic E-state index is 12.4. The fourth-order valence-corrected chi connectivity index (χ4v) is 3.81.